The third kappa shape index (κ3) is 3.57. The van der Waals surface area contributed by atoms with Crippen LogP contribution in [0.15, 0.2) is 9.85 Å². The van der Waals surface area contributed by atoms with Crippen molar-refractivity contribution < 1.29 is 9.18 Å². The maximum absolute atomic E-state index is 13.2. The number of thiophene rings is 1. The molecule has 0 aliphatic carbocycles. The quantitative estimate of drug-likeness (QED) is 0.890. The number of halogens is 2. The molecule has 0 fully saturated rings. The lowest BCUT2D eigenvalue weighted by Crippen LogP contribution is -2.34. The third-order valence-corrected chi connectivity index (χ3v) is 3.43. The van der Waals surface area contributed by atoms with Crippen LogP contribution in [0.2, 0.25) is 0 Å². The molecule has 1 aromatic heterocycles. The molecule has 1 heterocycles. The van der Waals surface area contributed by atoms with Crippen LogP contribution in [0.5, 0.6) is 0 Å². The van der Waals surface area contributed by atoms with Crippen LogP contribution in [-0.4, -0.2) is 5.91 Å². The Kier molecular flexibility index (Phi) is 3.89. The Hall–Kier alpha value is -0.420. The zero-order valence-electron chi connectivity index (χ0n) is 8.86. The molecule has 0 aliphatic heterocycles. The number of carbonyl (C=O) groups is 1. The van der Waals surface area contributed by atoms with Crippen molar-refractivity contribution in [3.05, 3.63) is 20.5 Å². The molecule has 1 amide bonds. The van der Waals surface area contributed by atoms with Crippen molar-refractivity contribution in [2.75, 3.05) is 0 Å². The SMILES string of the molecule is CC(C)(C)C(=O)NCc1sc(Br)cc1F. The van der Waals surface area contributed by atoms with Gasteiger partial charge in [0.1, 0.15) is 5.82 Å². The molecule has 0 aliphatic rings. The summed E-state index contributed by atoms with van der Waals surface area (Å²) in [5.74, 6) is -0.354. The number of hydrogen-bond donors (Lipinski definition) is 1. The van der Waals surface area contributed by atoms with Gasteiger partial charge in [-0.3, -0.25) is 4.79 Å². The normalized spacial score (nSPS) is 11.5. The predicted octanol–water partition coefficient (Wildman–Crippen LogP) is 3.31. The van der Waals surface area contributed by atoms with E-state index in [0.717, 1.165) is 3.79 Å². The van der Waals surface area contributed by atoms with Gasteiger partial charge >= 0.3 is 0 Å². The molecule has 0 atom stereocenters. The summed E-state index contributed by atoms with van der Waals surface area (Å²) in [6.07, 6.45) is 0. The Morgan fingerprint density at radius 3 is 2.60 bits per heavy atom. The second kappa shape index (κ2) is 4.61. The minimum absolute atomic E-state index is 0.0774. The van der Waals surface area contributed by atoms with Crippen LogP contribution in [0.25, 0.3) is 0 Å². The summed E-state index contributed by atoms with van der Waals surface area (Å²) in [6.45, 7) is 5.72. The molecule has 0 saturated heterocycles. The van der Waals surface area contributed by atoms with E-state index in [4.69, 9.17) is 0 Å². The molecule has 0 aromatic carbocycles. The molecular weight excluding hydrogens is 281 g/mol. The van der Waals surface area contributed by atoms with Gasteiger partial charge in [0.15, 0.2) is 0 Å². The van der Waals surface area contributed by atoms with E-state index in [-0.39, 0.29) is 18.3 Å². The first-order valence-electron chi connectivity index (χ1n) is 4.52. The lowest BCUT2D eigenvalue weighted by Gasteiger charge is -2.17. The van der Waals surface area contributed by atoms with Crippen LogP contribution < -0.4 is 5.32 Å². The number of carbonyl (C=O) groups excluding carboxylic acids is 1. The van der Waals surface area contributed by atoms with E-state index in [9.17, 15) is 9.18 Å². The zero-order valence-corrected chi connectivity index (χ0v) is 11.3. The summed E-state index contributed by atoms with van der Waals surface area (Å²) in [6, 6.07) is 1.41. The number of nitrogens with one attached hydrogen (secondary N) is 1. The predicted molar refractivity (Wildman–Crippen MR) is 63.3 cm³/mol. The fraction of sp³-hybridized carbons (Fsp3) is 0.500. The van der Waals surface area contributed by atoms with Gasteiger partial charge in [-0.05, 0) is 22.0 Å². The van der Waals surface area contributed by atoms with Crippen molar-refractivity contribution in [1.29, 1.82) is 0 Å². The van der Waals surface area contributed by atoms with E-state index in [1.165, 1.54) is 17.4 Å². The molecule has 1 rings (SSSR count). The summed E-state index contributed by atoms with van der Waals surface area (Å²) in [5, 5.41) is 2.70. The molecule has 1 N–H and O–H groups in total. The lowest BCUT2D eigenvalue weighted by molar-refractivity contribution is -0.128. The smallest absolute Gasteiger partial charge is 0.225 e. The molecule has 0 saturated carbocycles. The summed E-state index contributed by atoms with van der Waals surface area (Å²) in [5.41, 5.74) is -0.440. The molecule has 2 nitrogen and oxygen atoms in total. The van der Waals surface area contributed by atoms with Crippen molar-refractivity contribution in [1.82, 2.24) is 5.32 Å². The maximum atomic E-state index is 13.2. The lowest BCUT2D eigenvalue weighted by atomic mass is 9.96. The largest absolute Gasteiger partial charge is 0.351 e. The van der Waals surface area contributed by atoms with Crippen molar-refractivity contribution in [2.24, 2.45) is 5.41 Å². The first-order chi connectivity index (χ1) is 6.80. The van der Waals surface area contributed by atoms with Crippen LogP contribution in [0.4, 0.5) is 4.39 Å². The minimum Gasteiger partial charge on any atom is -0.351 e. The average Bonchev–Trinajstić information content (AvgIpc) is 2.39. The minimum atomic E-state index is -0.440. The van der Waals surface area contributed by atoms with Gasteiger partial charge in [-0.25, -0.2) is 4.39 Å². The van der Waals surface area contributed by atoms with Gasteiger partial charge in [0, 0.05) is 5.41 Å². The van der Waals surface area contributed by atoms with E-state index in [0.29, 0.717) is 4.88 Å². The second-order valence-corrected chi connectivity index (χ2v) is 6.77. The topological polar surface area (TPSA) is 29.1 Å². The maximum Gasteiger partial charge on any atom is 0.225 e. The second-order valence-electron chi connectivity index (χ2n) is 4.25. The fourth-order valence-corrected chi connectivity index (χ4v) is 2.41. The number of amides is 1. The van der Waals surface area contributed by atoms with Crippen LogP contribution in [0.3, 0.4) is 0 Å². The Bertz CT molecular complexity index is 370. The standard InChI is InChI=1S/C10H13BrFNOS/c1-10(2,3)9(14)13-5-7-6(12)4-8(11)15-7/h4H,5H2,1-3H3,(H,13,14). The van der Waals surface area contributed by atoms with Gasteiger partial charge in [-0.1, -0.05) is 20.8 Å². The highest BCUT2D eigenvalue weighted by Gasteiger charge is 2.21. The van der Waals surface area contributed by atoms with Crippen molar-refractivity contribution in [2.45, 2.75) is 27.3 Å². The summed E-state index contributed by atoms with van der Waals surface area (Å²) in [7, 11) is 0. The highest BCUT2D eigenvalue weighted by Crippen LogP contribution is 2.26. The highest BCUT2D eigenvalue weighted by atomic mass is 79.9. The molecule has 84 valence electrons. The van der Waals surface area contributed by atoms with Crippen LogP contribution in [0.1, 0.15) is 25.6 Å². The summed E-state index contributed by atoms with van der Waals surface area (Å²) in [4.78, 5) is 12.1. The van der Waals surface area contributed by atoms with E-state index >= 15 is 0 Å². The van der Waals surface area contributed by atoms with E-state index in [2.05, 4.69) is 21.2 Å². The van der Waals surface area contributed by atoms with Crippen LogP contribution >= 0.6 is 27.3 Å². The molecule has 1 aromatic rings. The van der Waals surface area contributed by atoms with Crippen LogP contribution in [-0.2, 0) is 11.3 Å². The molecule has 0 spiro atoms. The first kappa shape index (κ1) is 12.6. The van der Waals surface area contributed by atoms with E-state index in [1.807, 2.05) is 20.8 Å². The van der Waals surface area contributed by atoms with Gasteiger partial charge in [-0.15, -0.1) is 11.3 Å². The molecular formula is C10H13BrFNOS. The van der Waals surface area contributed by atoms with Crippen LogP contribution in [0, 0.1) is 11.2 Å². The number of hydrogen-bond acceptors (Lipinski definition) is 2. The summed E-state index contributed by atoms with van der Waals surface area (Å²) < 4.78 is 13.9. The Morgan fingerprint density at radius 1 is 1.60 bits per heavy atom. The van der Waals surface area contributed by atoms with Gasteiger partial charge in [0.25, 0.3) is 0 Å². The number of rotatable bonds is 2. The average molecular weight is 294 g/mol. The van der Waals surface area contributed by atoms with Gasteiger partial charge in [0.05, 0.1) is 15.2 Å². The first-order valence-corrected chi connectivity index (χ1v) is 6.13. The summed E-state index contributed by atoms with van der Waals surface area (Å²) >= 11 is 4.49. The van der Waals surface area contributed by atoms with Gasteiger partial charge in [0.2, 0.25) is 5.91 Å². The van der Waals surface area contributed by atoms with Crippen molar-refractivity contribution in [3.8, 4) is 0 Å². The molecule has 0 bridgehead atoms. The molecule has 0 radical (unpaired) electrons. The van der Waals surface area contributed by atoms with Crippen molar-refractivity contribution in [3.63, 3.8) is 0 Å². The molecule has 15 heavy (non-hydrogen) atoms. The Morgan fingerprint density at radius 2 is 2.20 bits per heavy atom. The Balaban J connectivity index is 2.58. The Labute approximate surface area is 101 Å². The van der Waals surface area contributed by atoms with E-state index < -0.39 is 5.41 Å². The highest BCUT2D eigenvalue weighted by molar-refractivity contribution is 9.11. The fourth-order valence-electron chi connectivity index (χ4n) is 0.922. The van der Waals surface area contributed by atoms with Crippen molar-refractivity contribution >= 4 is 33.2 Å². The molecule has 0 unspecified atom stereocenters. The monoisotopic (exact) mass is 293 g/mol. The molecule has 5 heteroatoms. The van der Waals surface area contributed by atoms with Gasteiger partial charge < -0.3 is 5.32 Å². The zero-order chi connectivity index (χ0) is 11.6. The third-order valence-electron chi connectivity index (χ3n) is 1.82. The van der Waals surface area contributed by atoms with E-state index in [1.54, 1.807) is 0 Å². The van der Waals surface area contributed by atoms with Gasteiger partial charge in [-0.2, -0.15) is 0 Å².